The van der Waals surface area contributed by atoms with Crippen molar-refractivity contribution >= 4 is 0 Å². The molecule has 0 aliphatic rings. The van der Waals surface area contributed by atoms with E-state index in [4.69, 9.17) is 5.73 Å². The fraction of sp³-hybridized carbons (Fsp3) is 0.333. The minimum atomic E-state index is -0.146. The van der Waals surface area contributed by atoms with Gasteiger partial charge in [-0.2, -0.15) is 0 Å². The van der Waals surface area contributed by atoms with Crippen molar-refractivity contribution in [3.63, 3.8) is 0 Å². The molecule has 0 aromatic heterocycles. The molecule has 2 N–H and O–H groups in total. The molecular weight excluding hydrogens is 263 g/mol. The van der Waals surface area contributed by atoms with Gasteiger partial charge in [0.2, 0.25) is 0 Å². The Morgan fingerprint density at radius 3 is 2.43 bits per heavy atom. The Morgan fingerprint density at radius 1 is 1.10 bits per heavy atom. The van der Waals surface area contributed by atoms with Gasteiger partial charge in [-0.05, 0) is 38.6 Å². The molecule has 0 amide bonds. The van der Waals surface area contributed by atoms with Crippen LogP contribution in [-0.4, -0.2) is 18.5 Å². The van der Waals surface area contributed by atoms with Gasteiger partial charge in [0.15, 0.2) is 0 Å². The van der Waals surface area contributed by atoms with Gasteiger partial charge in [-0.1, -0.05) is 48.0 Å². The fourth-order valence-electron chi connectivity index (χ4n) is 2.34. The lowest BCUT2D eigenvalue weighted by Crippen LogP contribution is -2.23. The Hall–Kier alpha value is -1.71. The highest BCUT2D eigenvalue weighted by atomic mass is 19.1. The number of nitrogens with two attached hydrogens (primary N) is 1. The molecule has 2 nitrogen and oxygen atoms in total. The number of nitrogens with zero attached hydrogens (tertiary/aromatic N) is 1. The SMILES string of the molecule is Cc1ccc(C(N)CCN(C)Cc2ccccc2F)cc1. The third-order valence-electron chi connectivity index (χ3n) is 3.73. The Kier molecular flexibility index (Phi) is 5.48. The third kappa shape index (κ3) is 4.66. The molecule has 112 valence electrons. The van der Waals surface area contributed by atoms with Gasteiger partial charge in [0.1, 0.15) is 5.82 Å². The number of hydrogen-bond acceptors (Lipinski definition) is 2. The van der Waals surface area contributed by atoms with Crippen LogP contribution in [0, 0.1) is 12.7 Å². The summed E-state index contributed by atoms with van der Waals surface area (Å²) in [4.78, 5) is 2.10. The standard InChI is InChI=1S/C18H23FN2/c1-14-7-9-15(10-8-14)18(20)11-12-21(2)13-16-5-3-4-6-17(16)19/h3-10,18H,11-13,20H2,1-2H3. The first-order valence-electron chi connectivity index (χ1n) is 7.30. The first-order chi connectivity index (χ1) is 10.1. The number of rotatable bonds is 6. The third-order valence-corrected chi connectivity index (χ3v) is 3.73. The Labute approximate surface area is 126 Å². The second-order valence-corrected chi connectivity index (χ2v) is 5.64. The Morgan fingerprint density at radius 2 is 1.76 bits per heavy atom. The van der Waals surface area contributed by atoms with Crippen LogP contribution in [0.2, 0.25) is 0 Å². The summed E-state index contributed by atoms with van der Waals surface area (Å²) in [5, 5.41) is 0. The molecule has 0 bridgehead atoms. The molecule has 0 heterocycles. The van der Waals surface area contributed by atoms with Crippen LogP contribution in [0.25, 0.3) is 0 Å². The van der Waals surface area contributed by atoms with Crippen LogP contribution >= 0.6 is 0 Å². The molecule has 21 heavy (non-hydrogen) atoms. The summed E-state index contributed by atoms with van der Waals surface area (Å²) in [7, 11) is 1.99. The minimum Gasteiger partial charge on any atom is -0.324 e. The molecule has 0 fully saturated rings. The molecule has 0 saturated carbocycles. The number of hydrogen-bond donors (Lipinski definition) is 1. The summed E-state index contributed by atoms with van der Waals surface area (Å²) >= 11 is 0. The lowest BCUT2D eigenvalue weighted by atomic mass is 10.0. The second-order valence-electron chi connectivity index (χ2n) is 5.64. The largest absolute Gasteiger partial charge is 0.324 e. The zero-order valence-corrected chi connectivity index (χ0v) is 12.7. The zero-order chi connectivity index (χ0) is 15.2. The highest BCUT2D eigenvalue weighted by Crippen LogP contribution is 2.16. The molecule has 0 aliphatic heterocycles. The van der Waals surface area contributed by atoms with Gasteiger partial charge < -0.3 is 10.6 Å². The molecule has 3 heteroatoms. The summed E-state index contributed by atoms with van der Waals surface area (Å²) in [5.74, 6) is -0.146. The van der Waals surface area contributed by atoms with Crippen LogP contribution in [0.5, 0.6) is 0 Å². The van der Waals surface area contributed by atoms with Gasteiger partial charge in [0.25, 0.3) is 0 Å². The van der Waals surface area contributed by atoms with Gasteiger partial charge in [-0.3, -0.25) is 0 Å². The molecule has 1 unspecified atom stereocenters. The molecule has 1 atom stereocenters. The predicted molar refractivity (Wildman–Crippen MR) is 85.5 cm³/mol. The van der Waals surface area contributed by atoms with E-state index < -0.39 is 0 Å². The lowest BCUT2D eigenvalue weighted by molar-refractivity contribution is 0.307. The average molecular weight is 286 g/mol. The van der Waals surface area contributed by atoms with Crippen LogP contribution < -0.4 is 5.73 Å². The molecule has 0 saturated heterocycles. The van der Waals surface area contributed by atoms with Gasteiger partial charge >= 0.3 is 0 Å². The number of aryl methyl sites for hydroxylation is 1. The molecule has 0 radical (unpaired) electrons. The molecular formula is C18H23FN2. The van der Waals surface area contributed by atoms with Crippen LogP contribution in [0.4, 0.5) is 4.39 Å². The summed E-state index contributed by atoms with van der Waals surface area (Å²) < 4.78 is 13.6. The summed E-state index contributed by atoms with van der Waals surface area (Å²) in [6, 6.07) is 15.3. The summed E-state index contributed by atoms with van der Waals surface area (Å²) in [6.45, 7) is 3.51. The van der Waals surface area contributed by atoms with Crippen molar-refractivity contribution in [1.29, 1.82) is 0 Å². The van der Waals surface area contributed by atoms with E-state index in [2.05, 4.69) is 36.1 Å². The van der Waals surface area contributed by atoms with E-state index >= 15 is 0 Å². The quantitative estimate of drug-likeness (QED) is 0.878. The van der Waals surface area contributed by atoms with E-state index in [1.54, 1.807) is 6.07 Å². The van der Waals surface area contributed by atoms with Crippen molar-refractivity contribution in [3.05, 3.63) is 71.0 Å². The predicted octanol–water partition coefficient (Wildman–Crippen LogP) is 3.66. The molecule has 0 aliphatic carbocycles. The smallest absolute Gasteiger partial charge is 0.127 e. The maximum atomic E-state index is 13.6. The Bertz CT molecular complexity index is 566. The number of halogens is 1. The van der Waals surface area contributed by atoms with Crippen molar-refractivity contribution in [3.8, 4) is 0 Å². The van der Waals surface area contributed by atoms with Gasteiger partial charge in [0, 0.05) is 18.2 Å². The molecule has 2 aromatic carbocycles. The molecule has 0 spiro atoms. The minimum absolute atomic E-state index is 0.0219. The summed E-state index contributed by atoms with van der Waals surface area (Å²) in [5.41, 5.74) is 9.33. The maximum absolute atomic E-state index is 13.6. The van der Waals surface area contributed by atoms with Crippen molar-refractivity contribution in [1.82, 2.24) is 4.90 Å². The molecule has 2 aromatic rings. The van der Waals surface area contributed by atoms with Crippen LogP contribution in [0.1, 0.15) is 29.2 Å². The van der Waals surface area contributed by atoms with Crippen LogP contribution in [0.3, 0.4) is 0 Å². The maximum Gasteiger partial charge on any atom is 0.127 e. The summed E-state index contributed by atoms with van der Waals surface area (Å²) in [6.07, 6.45) is 0.855. The van der Waals surface area contributed by atoms with E-state index in [-0.39, 0.29) is 11.9 Å². The van der Waals surface area contributed by atoms with Crippen molar-refractivity contribution in [2.24, 2.45) is 5.73 Å². The van der Waals surface area contributed by atoms with Crippen molar-refractivity contribution < 1.29 is 4.39 Å². The average Bonchev–Trinajstić information content (AvgIpc) is 2.48. The van der Waals surface area contributed by atoms with E-state index in [0.717, 1.165) is 24.1 Å². The van der Waals surface area contributed by atoms with E-state index in [1.807, 2.05) is 19.2 Å². The monoisotopic (exact) mass is 286 g/mol. The van der Waals surface area contributed by atoms with Gasteiger partial charge in [0.05, 0.1) is 0 Å². The highest BCUT2D eigenvalue weighted by Gasteiger charge is 2.09. The topological polar surface area (TPSA) is 29.3 Å². The van der Waals surface area contributed by atoms with Crippen LogP contribution in [-0.2, 0) is 6.54 Å². The van der Waals surface area contributed by atoms with E-state index in [0.29, 0.717) is 6.54 Å². The van der Waals surface area contributed by atoms with Gasteiger partial charge in [-0.15, -0.1) is 0 Å². The lowest BCUT2D eigenvalue weighted by Gasteiger charge is -2.20. The second kappa shape index (κ2) is 7.34. The van der Waals surface area contributed by atoms with Crippen LogP contribution in [0.15, 0.2) is 48.5 Å². The molecule has 2 rings (SSSR count). The fourth-order valence-corrected chi connectivity index (χ4v) is 2.34. The van der Waals surface area contributed by atoms with E-state index in [1.165, 1.54) is 11.6 Å². The van der Waals surface area contributed by atoms with Crippen molar-refractivity contribution in [2.75, 3.05) is 13.6 Å². The van der Waals surface area contributed by atoms with E-state index in [9.17, 15) is 4.39 Å². The zero-order valence-electron chi connectivity index (χ0n) is 12.7. The Balaban J connectivity index is 1.85. The van der Waals surface area contributed by atoms with Crippen molar-refractivity contribution in [2.45, 2.75) is 25.9 Å². The first kappa shape index (κ1) is 15.7. The first-order valence-corrected chi connectivity index (χ1v) is 7.30. The number of benzene rings is 2. The highest BCUT2D eigenvalue weighted by molar-refractivity contribution is 5.23. The van der Waals surface area contributed by atoms with Gasteiger partial charge in [-0.25, -0.2) is 4.39 Å². The normalized spacial score (nSPS) is 12.6.